The number of hydrogen-bond donors (Lipinski definition) is 0. The summed E-state index contributed by atoms with van der Waals surface area (Å²) in [6.07, 6.45) is 0.0842. The largest absolute Gasteiger partial charge is 0.469 e. The molecule has 0 bridgehead atoms. The normalized spacial score (nSPS) is 12.0. The highest BCUT2D eigenvalue weighted by molar-refractivity contribution is 6.31. The van der Waals surface area contributed by atoms with Crippen molar-refractivity contribution in [3.05, 3.63) is 34.3 Å². The van der Waals surface area contributed by atoms with Crippen LogP contribution in [0.5, 0.6) is 0 Å². The molecule has 0 aromatic heterocycles. The maximum Gasteiger partial charge on any atom is 0.306 e. The standard InChI is InChI=1S/C13H15ClO3/c1-8-4-5-10(7-11(8)14)13(16)9(2)6-12(15)17-3/h4-5,7,9H,6H2,1-3H3. The Morgan fingerprint density at radius 2 is 2.06 bits per heavy atom. The number of halogens is 1. The van der Waals surface area contributed by atoms with Gasteiger partial charge in [0.1, 0.15) is 0 Å². The van der Waals surface area contributed by atoms with E-state index in [1.807, 2.05) is 6.92 Å². The fourth-order valence-electron chi connectivity index (χ4n) is 1.46. The summed E-state index contributed by atoms with van der Waals surface area (Å²) in [4.78, 5) is 23.1. The molecule has 17 heavy (non-hydrogen) atoms. The van der Waals surface area contributed by atoms with Crippen LogP contribution in [0, 0.1) is 12.8 Å². The number of hydrogen-bond acceptors (Lipinski definition) is 3. The van der Waals surface area contributed by atoms with Crippen LogP contribution in [0.4, 0.5) is 0 Å². The van der Waals surface area contributed by atoms with Gasteiger partial charge in [0.25, 0.3) is 0 Å². The van der Waals surface area contributed by atoms with Crippen molar-refractivity contribution in [3.63, 3.8) is 0 Å². The number of carbonyl (C=O) groups excluding carboxylic acids is 2. The quantitative estimate of drug-likeness (QED) is 0.613. The van der Waals surface area contributed by atoms with Crippen molar-refractivity contribution in [2.75, 3.05) is 7.11 Å². The molecule has 1 rings (SSSR count). The van der Waals surface area contributed by atoms with Crippen LogP contribution in [0.1, 0.15) is 29.3 Å². The third kappa shape index (κ3) is 3.56. The Morgan fingerprint density at radius 1 is 1.41 bits per heavy atom. The SMILES string of the molecule is COC(=O)CC(C)C(=O)c1ccc(C)c(Cl)c1. The van der Waals surface area contributed by atoms with Crippen LogP contribution < -0.4 is 0 Å². The second-order valence-electron chi connectivity index (χ2n) is 4.01. The topological polar surface area (TPSA) is 43.4 Å². The van der Waals surface area contributed by atoms with Crippen molar-refractivity contribution in [2.24, 2.45) is 5.92 Å². The lowest BCUT2D eigenvalue weighted by atomic mass is 9.96. The number of aryl methyl sites for hydroxylation is 1. The lowest BCUT2D eigenvalue weighted by Gasteiger charge is -2.09. The molecule has 0 heterocycles. The van der Waals surface area contributed by atoms with Gasteiger partial charge >= 0.3 is 5.97 Å². The number of benzene rings is 1. The molecule has 1 atom stereocenters. The van der Waals surface area contributed by atoms with Crippen LogP contribution >= 0.6 is 11.6 Å². The van der Waals surface area contributed by atoms with E-state index >= 15 is 0 Å². The van der Waals surface area contributed by atoms with Gasteiger partial charge in [-0.1, -0.05) is 30.7 Å². The zero-order valence-electron chi connectivity index (χ0n) is 10.1. The number of methoxy groups -OCH3 is 1. The van der Waals surface area contributed by atoms with Gasteiger partial charge in [0.15, 0.2) is 5.78 Å². The van der Waals surface area contributed by atoms with Gasteiger partial charge in [0.05, 0.1) is 13.5 Å². The molecule has 1 aromatic rings. The summed E-state index contributed by atoms with van der Waals surface area (Å²) in [7, 11) is 1.31. The molecule has 1 aromatic carbocycles. The molecule has 0 aliphatic rings. The Bertz CT molecular complexity index is 440. The summed E-state index contributed by atoms with van der Waals surface area (Å²) in [6.45, 7) is 3.57. The van der Waals surface area contributed by atoms with Crippen LogP contribution in [0.2, 0.25) is 5.02 Å². The molecule has 0 aliphatic heterocycles. The maximum absolute atomic E-state index is 12.0. The summed E-state index contributed by atoms with van der Waals surface area (Å²) in [5, 5.41) is 0.557. The Balaban J connectivity index is 2.81. The number of rotatable bonds is 4. The smallest absolute Gasteiger partial charge is 0.306 e. The van der Waals surface area contributed by atoms with Crippen molar-refractivity contribution in [2.45, 2.75) is 20.3 Å². The van der Waals surface area contributed by atoms with Crippen molar-refractivity contribution < 1.29 is 14.3 Å². The molecule has 0 N–H and O–H groups in total. The molecule has 3 nitrogen and oxygen atoms in total. The number of Topliss-reactive ketones (excluding diaryl/α,β-unsaturated/α-hetero) is 1. The van der Waals surface area contributed by atoms with E-state index in [2.05, 4.69) is 4.74 Å². The van der Waals surface area contributed by atoms with Gasteiger partial charge in [0, 0.05) is 16.5 Å². The van der Waals surface area contributed by atoms with Crippen LogP contribution in [0.3, 0.4) is 0 Å². The molecular weight excluding hydrogens is 240 g/mol. The second kappa shape index (κ2) is 5.82. The number of esters is 1. The third-order valence-corrected chi connectivity index (χ3v) is 3.01. The zero-order valence-corrected chi connectivity index (χ0v) is 10.9. The molecule has 0 saturated heterocycles. The number of ether oxygens (including phenoxy) is 1. The minimum Gasteiger partial charge on any atom is -0.469 e. The summed E-state index contributed by atoms with van der Waals surface area (Å²) in [6, 6.07) is 5.14. The molecule has 0 radical (unpaired) electrons. The van der Waals surface area contributed by atoms with Crippen molar-refractivity contribution in [3.8, 4) is 0 Å². The monoisotopic (exact) mass is 254 g/mol. The van der Waals surface area contributed by atoms with Crippen LogP contribution in [0.25, 0.3) is 0 Å². The zero-order chi connectivity index (χ0) is 13.0. The second-order valence-corrected chi connectivity index (χ2v) is 4.42. The molecule has 0 fully saturated rings. The van der Waals surface area contributed by atoms with Gasteiger partial charge in [-0.15, -0.1) is 0 Å². The Morgan fingerprint density at radius 3 is 2.59 bits per heavy atom. The van der Waals surface area contributed by atoms with E-state index in [0.717, 1.165) is 5.56 Å². The summed E-state index contributed by atoms with van der Waals surface area (Å²) < 4.78 is 4.53. The Labute approximate surface area is 106 Å². The molecule has 4 heteroatoms. The van der Waals surface area contributed by atoms with Gasteiger partial charge in [0.2, 0.25) is 0 Å². The van der Waals surface area contributed by atoms with E-state index < -0.39 is 5.92 Å². The van der Waals surface area contributed by atoms with E-state index in [-0.39, 0.29) is 18.2 Å². The maximum atomic E-state index is 12.0. The average molecular weight is 255 g/mol. The van der Waals surface area contributed by atoms with E-state index in [0.29, 0.717) is 10.6 Å². The fourth-order valence-corrected chi connectivity index (χ4v) is 1.64. The van der Waals surface area contributed by atoms with E-state index in [9.17, 15) is 9.59 Å². The van der Waals surface area contributed by atoms with Gasteiger partial charge in [-0.05, 0) is 18.6 Å². The van der Waals surface area contributed by atoms with E-state index in [1.165, 1.54) is 7.11 Å². The molecule has 0 aliphatic carbocycles. The van der Waals surface area contributed by atoms with Crippen molar-refractivity contribution in [1.29, 1.82) is 0 Å². The van der Waals surface area contributed by atoms with Gasteiger partial charge < -0.3 is 4.74 Å². The highest BCUT2D eigenvalue weighted by atomic mass is 35.5. The number of ketones is 1. The first-order chi connectivity index (χ1) is 7.95. The van der Waals surface area contributed by atoms with E-state index in [1.54, 1.807) is 25.1 Å². The van der Waals surface area contributed by atoms with Crippen molar-refractivity contribution in [1.82, 2.24) is 0 Å². The van der Waals surface area contributed by atoms with Crippen LogP contribution in [0.15, 0.2) is 18.2 Å². The summed E-state index contributed by atoms with van der Waals surface area (Å²) >= 11 is 5.95. The summed E-state index contributed by atoms with van der Waals surface area (Å²) in [5.41, 5.74) is 1.45. The predicted molar refractivity (Wildman–Crippen MR) is 66.3 cm³/mol. The first-order valence-corrected chi connectivity index (χ1v) is 5.70. The molecule has 0 saturated carbocycles. The van der Waals surface area contributed by atoms with Gasteiger partial charge in [-0.3, -0.25) is 9.59 Å². The molecular formula is C13H15ClO3. The Hall–Kier alpha value is -1.35. The first kappa shape index (κ1) is 13.7. The van der Waals surface area contributed by atoms with Gasteiger partial charge in [-0.25, -0.2) is 0 Å². The minimum atomic E-state index is -0.402. The van der Waals surface area contributed by atoms with E-state index in [4.69, 9.17) is 11.6 Å². The van der Waals surface area contributed by atoms with Crippen LogP contribution in [-0.2, 0) is 9.53 Å². The van der Waals surface area contributed by atoms with Crippen LogP contribution in [-0.4, -0.2) is 18.9 Å². The fraction of sp³-hybridized carbons (Fsp3) is 0.385. The van der Waals surface area contributed by atoms with Crippen molar-refractivity contribution >= 4 is 23.4 Å². The predicted octanol–water partition coefficient (Wildman–Crippen LogP) is 3.03. The highest BCUT2D eigenvalue weighted by Crippen LogP contribution is 2.20. The molecule has 0 spiro atoms. The molecule has 1 unspecified atom stereocenters. The molecule has 0 amide bonds. The number of carbonyl (C=O) groups is 2. The lowest BCUT2D eigenvalue weighted by molar-refractivity contribution is -0.141. The minimum absolute atomic E-state index is 0.0842. The lowest BCUT2D eigenvalue weighted by Crippen LogP contribution is -2.16. The molecule has 92 valence electrons. The highest BCUT2D eigenvalue weighted by Gasteiger charge is 2.19. The third-order valence-electron chi connectivity index (χ3n) is 2.60. The summed E-state index contributed by atoms with van der Waals surface area (Å²) in [5.74, 6) is -0.886. The van der Waals surface area contributed by atoms with Gasteiger partial charge in [-0.2, -0.15) is 0 Å². The first-order valence-electron chi connectivity index (χ1n) is 5.33. The Kier molecular flexibility index (Phi) is 4.70. The average Bonchev–Trinajstić information content (AvgIpc) is 2.31.